The van der Waals surface area contributed by atoms with Crippen LogP contribution in [0, 0.1) is 12.0 Å². The van der Waals surface area contributed by atoms with Crippen LogP contribution in [-0.4, -0.2) is 9.53 Å². The average molecular weight is 182 g/mol. The van der Waals surface area contributed by atoms with Crippen LogP contribution in [0.2, 0.25) is 0 Å². The van der Waals surface area contributed by atoms with Crippen LogP contribution in [0.3, 0.4) is 0 Å². The summed E-state index contributed by atoms with van der Waals surface area (Å²) in [6.45, 7) is 0. The van der Waals surface area contributed by atoms with Gasteiger partial charge in [0, 0.05) is 0 Å². The third-order valence-corrected chi connectivity index (χ3v) is 0.527. The van der Waals surface area contributed by atoms with Crippen LogP contribution in [-0.2, 0) is 0 Å². The van der Waals surface area contributed by atoms with Crippen LogP contribution in [0.1, 0.15) is 0 Å². The zero-order valence-corrected chi connectivity index (χ0v) is 4.69. The molecule has 0 aromatic rings. The van der Waals surface area contributed by atoms with Gasteiger partial charge in [-0.25, -0.2) is 0 Å². The first-order valence-corrected chi connectivity index (χ1v) is 2.62. The number of hydrogen-bond acceptors (Lipinski definition) is 1. The van der Waals surface area contributed by atoms with Gasteiger partial charge in [-0.05, 0) is 5.92 Å². The lowest BCUT2D eigenvalue weighted by Gasteiger charge is -1.55. The summed E-state index contributed by atoms with van der Waals surface area (Å²) in [4.78, 5) is 0. The topological polar surface area (TPSA) is 20.2 Å². The molecule has 0 saturated carbocycles. The van der Waals surface area contributed by atoms with Crippen molar-refractivity contribution in [2.45, 2.75) is 0 Å². The molecule has 0 radical (unpaired) electrons. The van der Waals surface area contributed by atoms with Crippen LogP contribution >= 0.6 is 22.6 Å². The van der Waals surface area contributed by atoms with Crippen molar-refractivity contribution < 1.29 is 5.11 Å². The van der Waals surface area contributed by atoms with E-state index in [0.717, 1.165) is 0 Å². The van der Waals surface area contributed by atoms with E-state index < -0.39 is 0 Å². The quantitative estimate of drug-likeness (QED) is 0.333. The molecule has 0 spiro atoms. The van der Waals surface area contributed by atoms with Crippen molar-refractivity contribution in [1.82, 2.24) is 0 Å². The van der Waals surface area contributed by atoms with E-state index in [1.165, 1.54) is 0 Å². The lowest BCUT2D eigenvalue weighted by atomic mass is 10.8. The van der Waals surface area contributed by atoms with Gasteiger partial charge in [0.1, 0.15) is 6.11 Å². The van der Waals surface area contributed by atoms with E-state index in [1.54, 1.807) is 6.11 Å². The van der Waals surface area contributed by atoms with E-state index >= 15 is 0 Å². The maximum Gasteiger partial charge on any atom is 0.108 e. The predicted octanol–water partition coefficient (Wildman–Crippen LogP) is 0.755. The van der Waals surface area contributed by atoms with Gasteiger partial charge in [-0.1, -0.05) is 22.6 Å². The van der Waals surface area contributed by atoms with E-state index in [2.05, 4.69) is 28.5 Å². The summed E-state index contributed by atoms with van der Waals surface area (Å²) >= 11 is 2.05. The molecule has 0 bridgehead atoms. The minimum atomic E-state index is 0.703. The minimum absolute atomic E-state index is 0.703. The van der Waals surface area contributed by atoms with Gasteiger partial charge in [-0.3, -0.25) is 0 Å². The standard InChI is InChI=1S/C3H3IO/c4-2-1-3-5/h5H,2H2. The van der Waals surface area contributed by atoms with Gasteiger partial charge in [0.05, 0.1) is 4.43 Å². The normalized spacial score (nSPS) is 5.00. The Bertz CT molecular complexity index is 59.0. The summed E-state index contributed by atoms with van der Waals surface area (Å²) in [5, 5.41) is 7.70. The molecular formula is C3H3IO. The Kier molecular flexibility index (Phi) is 4.16. The Morgan fingerprint density at radius 3 is 2.40 bits per heavy atom. The lowest BCUT2D eigenvalue weighted by molar-refractivity contribution is 0.517. The second-order valence-electron chi connectivity index (χ2n) is 0.422. The summed E-state index contributed by atoms with van der Waals surface area (Å²) in [5.41, 5.74) is 0. The van der Waals surface area contributed by atoms with Crippen molar-refractivity contribution in [2.75, 3.05) is 4.43 Å². The Hall–Kier alpha value is 0.0900. The molecule has 0 heterocycles. The van der Waals surface area contributed by atoms with Gasteiger partial charge in [0.25, 0.3) is 0 Å². The molecule has 0 aliphatic rings. The largest absolute Gasteiger partial charge is 0.462 e. The molecule has 0 aliphatic heterocycles. The highest BCUT2D eigenvalue weighted by molar-refractivity contribution is 14.1. The van der Waals surface area contributed by atoms with Crippen LogP contribution < -0.4 is 0 Å². The first-order valence-electron chi connectivity index (χ1n) is 1.09. The maximum absolute atomic E-state index is 7.70. The zero-order chi connectivity index (χ0) is 4.12. The molecule has 0 aliphatic carbocycles. The lowest BCUT2D eigenvalue weighted by Crippen LogP contribution is -1.54. The van der Waals surface area contributed by atoms with Gasteiger partial charge >= 0.3 is 0 Å². The van der Waals surface area contributed by atoms with E-state index in [-0.39, 0.29) is 0 Å². The molecule has 0 saturated heterocycles. The third kappa shape index (κ3) is 4.09. The van der Waals surface area contributed by atoms with Gasteiger partial charge in [-0.2, -0.15) is 0 Å². The number of halogens is 1. The van der Waals surface area contributed by atoms with Crippen molar-refractivity contribution in [1.29, 1.82) is 0 Å². The molecule has 1 nitrogen and oxygen atoms in total. The van der Waals surface area contributed by atoms with E-state index in [1.807, 2.05) is 0 Å². The fourth-order valence-corrected chi connectivity index (χ4v) is 0.200. The van der Waals surface area contributed by atoms with Crippen molar-refractivity contribution in [2.24, 2.45) is 0 Å². The Morgan fingerprint density at radius 2 is 2.40 bits per heavy atom. The smallest absolute Gasteiger partial charge is 0.108 e. The predicted molar refractivity (Wildman–Crippen MR) is 28.6 cm³/mol. The molecule has 0 rings (SSSR count). The van der Waals surface area contributed by atoms with E-state index in [4.69, 9.17) is 5.11 Å². The number of alkyl halides is 1. The first kappa shape index (κ1) is 5.09. The first-order chi connectivity index (χ1) is 2.41. The molecule has 0 aromatic carbocycles. The van der Waals surface area contributed by atoms with Crippen molar-refractivity contribution in [3.8, 4) is 12.0 Å². The summed E-state index contributed by atoms with van der Waals surface area (Å²) < 4.78 is 0.703. The van der Waals surface area contributed by atoms with E-state index in [9.17, 15) is 0 Å². The average Bonchev–Trinajstić information content (AvgIpc) is 1.41. The summed E-state index contributed by atoms with van der Waals surface area (Å²) in [7, 11) is 0. The Labute approximate surface area is 44.5 Å². The number of aliphatic hydroxyl groups excluding tert-OH is 1. The fourth-order valence-electron chi connectivity index (χ4n) is 0.0299. The molecular weight excluding hydrogens is 179 g/mol. The summed E-state index contributed by atoms with van der Waals surface area (Å²) in [6, 6.07) is 0. The highest BCUT2D eigenvalue weighted by atomic mass is 127. The Balaban J connectivity index is 2.81. The van der Waals surface area contributed by atoms with Gasteiger partial charge in [0.2, 0.25) is 0 Å². The second-order valence-corrected chi connectivity index (χ2v) is 1.19. The molecule has 0 unspecified atom stereocenters. The van der Waals surface area contributed by atoms with Gasteiger partial charge < -0.3 is 5.11 Å². The van der Waals surface area contributed by atoms with Gasteiger partial charge in [-0.15, -0.1) is 0 Å². The monoisotopic (exact) mass is 182 g/mol. The second kappa shape index (κ2) is 4.09. The third-order valence-electron chi connectivity index (χ3n) is 0.146. The molecule has 1 N–H and O–H groups in total. The fraction of sp³-hybridized carbons (Fsp3) is 0.333. The zero-order valence-electron chi connectivity index (χ0n) is 2.53. The number of rotatable bonds is 0. The van der Waals surface area contributed by atoms with E-state index in [0.29, 0.717) is 4.43 Å². The van der Waals surface area contributed by atoms with Gasteiger partial charge in [0.15, 0.2) is 0 Å². The van der Waals surface area contributed by atoms with Crippen molar-refractivity contribution in [3.05, 3.63) is 0 Å². The molecule has 0 amide bonds. The van der Waals surface area contributed by atoms with Crippen LogP contribution in [0.15, 0.2) is 0 Å². The highest BCUT2D eigenvalue weighted by Gasteiger charge is 1.52. The molecule has 0 fully saturated rings. The SMILES string of the molecule is OC#CCI. The minimum Gasteiger partial charge on any atom is -0.462 e. The highest BCUT2D eigenvalue weighted by Crippen LogP contribution is 1.71. The maximum atomic E-state index is 7.70. The van der Waals surface area contributed by atoms with Crippen LogP contribution in [0.5, 0.6) is 0 Å². The Morgan fingerprint density at radius 1 is 1.80 bits per heavy atom. The van der Waals surface area contributed by atoms with Crippen molar-refractivity contribution >= 4 is 22.6 Å². The molecule has 28 valence electrons. The molecule has 0 aromatic heterocycles. The summed E-state index contributed by atoms with van der Waals surface area (Å²) in [6.07, 6.45) is 1.76. The summed E-state index contributed by atoms with van der Waals surface area (Å²) in [5.74, 6) is 2.40. The molecule has 5 heavy (non-hydrogen) atoms. The number of hydrogen-bond donors (Lipinski definition) is 1. The van der Waals surface area contributed by atoms with Crippen molar-refractivity contribution in [3.63, 3.8) is 0 Å². The van der Waals surface area contributed by atoms with Crippen LogP contribution in [0.25, 0.3) is 0 Å². The molecule has 2 heteroatoms. The van der Waals surface area contributed by atoms with Crippen LogP contribution in [0.4, 0.5) is 0 Å². The molecule has 0 atom stereocenters. The number of aliphatic hydroxyl groups is 1.